The molecule has 1 saturated heterocycles. The van der Waals surface area contributed by atoms with Crippen molar-refractivity contribution in [2.24, 2.45) is 5.10 Å². The van der Waals surface area contributed by atoms with Gasteiger partial charge in [-0.2, -0.15) is 5.10 Å². The molecule has 4 rings (SSSR count). The Hall–Kier alpha value is -3.59. The van der Waals surface area contributed by atoms with Crippen LogP contribution in [0.15, 0.2) is 47.6 Å². The Labute approximate surface area is 205 Å². The van der Waals surface area contributed by atoms with Gasteiger partial charge in [-0.3, -0.25) is 14.6 Å². The molecule has 2 aromatic carbocycles. The first-order valence-electron chi connectivity index (χ1n) is 12.0. The van der Waals surface area contributed by atoms with Gasteiger partial charge in [0.05, 0.1) is 43.5 Å². The van der Waals surface area contributed by atoms with Gasteiger partial charge in [0.15, 0.2) is 5.78 Å². The first-order chi connectivity index (χ1) is 17.0. The van der Waals surface area contributed by atoms with Crippen molar-refractivity contribution in [1.82, 2.24) is 0 Å². The molecule has 0 radical (unpaired) electrons. The summed E-state index contributed by atoms with van der Waals surface area (Å²) in [5.41, 5.74) is 2.45. The number of nitrogens with one attached hydrogen (secondary N) is 1. The molecule has 0 aromatic heterocycles. The molecule has 0 saturated carbocycles. The number of benzene rings is 2. The van der Waals surface area contributed by atoms with Crippen molar-refractivity contribution in [3.05, 3.63) is 42.5 Å². The highest BCUT2D eigenvalue weighted by Gasteiger charge is 2.34. The molecule has 0 aliphatic carbocycles. The minimum Gasteiger partial charge on any atom is -0.492 e. The third kappa shape index (κ3) is 5.57. The van der Waals surface area contributed by atoms with Gasteiger partial charge in [-0.25, -0.2) is 0 Å². The van der Waals surface area contributed by atoms with Gasteiger partial charge in [0.1, 0.15) is 23.3 Å². The summed E-state index contributed by atoms with van der Waals surface area (Å²) in [5, 5.41) is 9.07. The maximum absolute atomic E-state index is 13.3. The Morgan fingerprint density at radius 3 is 2.40 bits per heavy atom. The van der Waals surface area contributed by atoms with Gasteiger partial charge in [-0.15, -0.1) is 0 Å². The largest absolute Gasteiger partial charge is 0.492 e. The third-order valence-corrected chi connectivity index (χ3v) is 5.92. The lowest BCUT2D eigenvalue weighted by Gasteiger charge is -2.31. The summed E-state index contributed by atoms with van der Waals surface area (Å²) in [5.74, 6) is 0.780. The molecule has 186 valence electrons. The van der Waals surface area contributed by atoms with E-state index in [-0.39, 0.29) is 23.8 Å². The highest BCUT2D eigenvalue weighted by molar-refractivity contribution is 6.44. The maximum atomic E-state index is 13.3. The predicted molar refractivity (Wildman–Crippen MR) is 136 cm³/mol. The Morgan fingerprint density at radius 1 is 1.06 bits per heavy atom. The average molecular weight is 481 g/mol. The highest BCUT2D eigenvalue weighted by Crippen LogP contribution is 2.39. The number of ketones is 1. The Morgan fingerprint density at radius 2 is 1.74 bits per heavy atom. The Bertz CT molecular complexity index is 1080. The number of nitrogens with zero attached hydrogens (tertiary/aromatic N) is 3. The lowest BCUT2D eigenvalue weighted by Crippen LogP contribution is -2.36. The second kappa shape index (κ2) is 11.2. The standard InChI is InChI=1S/C26H32N4O5/c1-4-34-24-17-23(29-11-13-33-14-12-29)25(35-5-2)16-20(24)27-26(32)21-15-22(18(3)31)30(28-21)19-9-7-6-8-10-19/h6-10,16-17,22H,4-5,11-15H2,1-3H3,(H,27,32). The highest BCUT2D eigenvalue weighted by atomic mass is 16.5. The van der Waals surface area contributed by atoms with Crippen LogP contribution in [0.2, 0.25) is 0 Å². The van der Waals surface area contributed by atoms with Crippen molar-refractivity contribution in [3.8, 4) is 11.5 Å². The lowest BCUT2D eigenvalue weighted by atomic mass is 10.1. The van der Waals surface area contributed by atoms with E-state index < -0.39 is 6.04 Å². The number of hydrogen-bond acceptors (Lipinski definition) is 8. The van der Waals surface area contributed by atoms with E-state index in [2.05, 4.69) is 15.3 Å². The fraction of sp³-hybridized carbons (Fsp3) is 0.423. The van der Waals surface area contributed by atoms with E-state index in [9.17, 15) is 9.59 Å². The Kier molecular flexibility index (Phi) is 7.87. The zero-order chi connectivity index (χ0) is 24.8. The van der Waals surface area contributed by atoms with Crippen LogP contribution in [0.1, 0.15) is 27.2 Å². The number of ether oxygens (including phenoxy) is 3. The number of hydrogen-bond donors (Lipinski definition) is 1. The van der Waals surface area contributed by atoms with Crippen LogP contribution >= 0.6 is 0 Å². The molecule has 1 amide bonds. The minimum atomic E-state index is -0.521. The summed E-state index contributed by atoms with van der Waals surface area (Å²) >= 11 is 0. The molecule has 0 spiro atoms. The van der Waals surface area contributed by atoms with E-state index >= 15 is 0 Å². The number of hydrazone groups is 1. The molecule has 9 heteroatoms. The molecular weight excluding hydrogens is 448 g/mol. The predicted octanol–water partition coefficient (Wildman–Crippen LogP) is 3.48. The molecule has 35 heavy (non-hydrogen) atoms. The number of rotatable bonds is 9. The molecule has 1 unspecified atom stereocenters. The molecule has 9 nitrogen and oxygen atoms in total. The van der Waals surface area contributed by atoms with Crippen molar-refractivity contribution >= 4 is 34.5 Å². The number of para-hydroxylation sites is 1. The van der Waals surface area contributed by atoms with Crippen LogP contribution in [-0.2, 0) is 14.3 Å². The van der Waals surface area contributed by atoms with Crippen LogP contribution in [0.4, 0.5) is 17.1 Å². The van der Waals surface area contributed by atoms with Crippen molar-refractivity contribution in [3.63, 3.8) is 0 Å². The van der Waals surface area contributed by atoms with Crippen molar-refractivity contribution < 1.29 is 23.8 Å². The van der Waals surface area contributed by atoms with E-state index in [1.54, 1.807) is 11.1 Å². The fourth-order valence-electron chi connectivity index (χ4n) is 4.22. The molecule has 1 atom stereocenters. The van der Waals surface area contributed by atoms with Crippen LogP contribution < -0.4 is 24.7 Å². The minimum absolute atomic E-state index is 0.0519. The summed E-state index contributed by atoms with van der Waals surface area (Å²) in [6.45, 7) is 9.03. The molecule has 1 fully saturated rings. The molecule has 1 N–H and O–H groups in total. The van der Waals surface area contributed by atoms with Gasteiger partial charge in [0, 0.05) is 31.6 Å². The van der Waals surface area contributed by atoms with Crippen LogP contribution in [0.3, 0.4) is 0 Å². The second-order valence-electron chi connectivity index (χ2n) is 8.29. The smallest absolute Gasteiger partial charge is 0.272 e. The van der Waals surface area contributed by atoms with E-state index in [0.29, 0.717) is 43.6 Å². The molecule has 2 aromatic rings. The van der Waals surface area contributed by atoms with E-state index in [1.165, 1.54) is 6.92 Å². The SMILES string of the molecule is CCOc1cc(N2CCOCC2)c(OCC)cc1NC(=O)C1=NN(c2ccccc2)C(C(C)=O)C1. The quantitative estimate of drug-likeness (QED) is 0.587. The number of Topliss-reactive ketones (excluding diaryl/α,β-unsaturated/α-hetero) is 1. The average Bonchev–Trinajstić information content (AvgIpc) is 3.33. The molecule has 2 aliphatic rings. The van der Waals surface area contributed by atoms with E-state index in [1.807, 2.05) is 50.2 Å². The maximum Gasteiger partial charge on any atom is 0.272 e. The van der Waals surface area contributed by atoms with Gasteiger partial charge in [-0.05, 0) is 32.9 Å². The number of morpholine rings is 1. The normalized spacial score (nSPS) is 17.7. The van der Waals surface area contributed by atoms with Crippen molar-refractivity contribution in [2.45, 2.75) is 33.2 Å². The second-order valence-corrected chi connectivity index (χ2v) is 8.29. The van der Waals surface area contributed by atoms with Crippen molar-refractivity contribution in [2.75, 3.05) is 54.7 Å². The number of carbonyl (C=O) groups is 2. The summed E-state index contributed by atoms with van der Waals surface area (Å²) < 4.78 is 17.3. The molecule has 2 heterocycles. The fourth-order valence-corrected chi connectivity index (χ4v) is 4.22. The lowest BCUT2D eigenvalue weighted by molar-refractivity contribution is -0.118. The van der Waals surface area contributed by atoms with Gasteiger partial charge in [-0.1, -0.05) is 18.2 Å². The summed E-state index contributed by atoms with van der Waals surface area (Å²) in [7, 11) is 0. The third-order valence-electron chi connectivity index (χ3n) is 5.92. The number of amides is 1. The summed E-state index contributed by atoms with van der Waals surface area (Å²) in [4.78, 5) is 27.8. The van der Waals surface area contributed by atoms with Gasteiger partial charge < -0.3 is 24.4 Å². The zero-order valence-electron chi connectivity index (χ0n) is 20.5. The van der Waals surface area contributed by atoms with Crippen LogP contribution in [-0.4, -0.2) is 63.0 Å². The molecular formula is C26H32N4O5. The van der Waals surface area contributed by atoms with Gasteiger partial charge in [0.2, 0.25) is 0 Å². The van der Waals surface area contributed by atoms with E-state index in [0.717, 1.165) is 24.5 Å². The number of carbonyl (C=O) groups excluding carboxylic acids is 2. The van der Waals surface area contributed by atoms with Gasteiger partial charge in [0.25, 0.3) is 5.91 Å². The zero-order valence-corrected chi connectivity index (χ0v) is 20.5. The Balaban J connectivity index is 1.62. The summed E-state index contributed by atoms with van der Waals surface area (Å²) in [6, 6.07) is 12.6. The molecule has 2 aliphatic heterocycles. The monoisotopic (exact) mass is 480 g/mol. The van der Waals surface area contributed by atoms with Crippen LogP contribution in [0.25, 0.3) is 0 Å². The topological polar surface area (TPSA) is 92.7 Å². The van der Waals surface area contributed by atoms with Crippen molar-refractivity contribution in [1.29, 1.82) is 0 Å². The van der Waals surface area contributed by atoms with Crippen LogP contribution in [0.5, 0.6) is 11.5 Å². The van der Waals surface area contributed by atoms with E-state index in [4.69, 9.17) is 14.2 Å². The summed E-state index contributed by atoms with van der Waals surface area (Å²) in [6.07, 6.45) is 0.226. The first-order valence-corrected chi connectivity index (χ1v) is 12.0. The number of anilines is 3. The van der Waals surface area contributed by atoms with Gasteiger partial charge >= 0.3 is 0 Å². The molecule has 0 bridgehead atoms. The van der Waals surface area contributed by atoms with Crippen LogP contribution in [0, 0.1) is 0 Å². The first kappa shape index (κ1) is 24.5.